The zero-order valence-electron chi connectivity index (χ0n) is 15.5. The molecule has 0 N–H and O–H groups in total. The molecule has 0 aromatic heterocycles. The molecule has 2 aliphatic rings. The SMILES string of the molecule is C/C(C=O)=C\C1C(C(=O)OC2CC(C)CCC2C(C)C)C1(C)C. The largest absolute Gasteiger partial charge is 0.462 e. The first-order valence-electron chi connectivity index (χ1n) is 9.02. The minimum atomic E-state index is -0.109. The summed E-state index contributed by atoms with van der Waals surface area (Å²) in [5, 5.41) is 0. The van der Waals surface area contributed by atoms with Crippen molar-refractivity contribution < 1.29 is 14.3 Å². The van der Waals surface area contributed by atoms with Crippen molar-refractivity contribution >= 4 is 12.3 Å². The van der Waals surface area contributed by atoms with Crippen molar-refractivity contribution in [3.8, 4) is 0 Å². The lowest BCUT2D eigenvalue weighted by Crippen LogP contribution is -2.36. The van der Waals surface area contributed by atoms with E-state index in [0.29, 0.717) is 23.3 Å². The number of ether oxygens (including phenoxy) is 1. The van der Waals surface area contributed by atoms with Crippen LogP contribution in [0, 0.1) is 35.0 Å². The lowest BCUT2D eigenvalue weighted by molar-refractivity contribution is -0.158. The van der Waals surface area contributed by atoms with Crippen molar-refractivity contribution in [1.29, 1.82) is 0 Å². The summed E-state index contributed by atoms with van der Waals surface area (Å²) in [4.78, 5) is 23.5. The average molecular weight is 320 g/mol. The molecule has 0 aliphatic heterocycles. The number of allylic oxidation sites excluding steroid dienone is 2. The molecular weight excluding hydrogens is 288 g/mol. The Labute approximate surface area is 140 Å². The Bertz CT molecular complexity index is 489. The van der Waals surface area contributed by atoms with Gasteiger partial charge in [-0.05, 0) is 54.4 Å². The predicted molar refractivity (Wildman–Crippen MR) is 91.8 cm³/mol. The Hall–Kier alpha value is -1.12. The number of carbonyl (C=O) groups excluding carboxylic acids is 2. The third-order valence-electron chi connectivity index (χ3n) is 6.02. The Morgan fingerprint density at radius 2 is 1.91 bits per heavy atom. The van der Waals surface area contributed by atoms with Gasteiger partial charge in [-0.25, -0.2) is 0 Å². The van der Waals surface area contributed by atoms with Gasteiger partial charge in [-0.1, -0.05) is 47.1 Å². The standard InChI is InChI=1S/C20H32O3/c1-12(2)15-8-7-13(3)10-17(15)23-19(22)18-16(20(18,5)6)9-14(4)11-21/h9,11-13,15-18H,7-8,10H2,1-6H3/b14-9+. The molecule has 23 heavy (non-hydrogen) atoms. The first-order chi connectivity index (χ1) is 10.7. The molecule has 0 saturated heterocycles. The van der Waals surface area contributed by atoms with Gasteiger partial charge in [0.15, 0.2) is 0 Å². The van der Waals surface area contributed by atoms with E-state index in [1.165, 1.54) is 6.42 Å². The first-order valence-corrected chi connectivity index (χ1v) is 9.02. The summed E-state index contributed by atoms with van der Waals surface area (Å²) in [5.41, 5.74) is 0.597. The highest BCUT2D eigenvalue weighted by molar-refractivity contribution is 5.79. The van der Waals surface area contributed by atoms with E-state index >= 15 is 0 Å². The highest BCUT2D eigenvalue weighted by Crippen LogP contribution is 2.60. The van der Waals surface area contributed by atoms with Crippen LogP contribution < -0.4 is 0 Å². The number of esters is 1. The Morgan fingerprint density at radius 3 is 2.48 bits per heavy atom. The van der Waals surface area contributed by atoms with Crippen molar-refractivity contribution in [3.63, 3.8) is 0 Å². The van der Waals surface area contributed by atoms with Crippen LogP contribution in [0.1, 0.15) is 60.8 Å². The number of carbonyl (C=O) groups is 2. The molecule has 2 fully saturated rings. The van der Waals surface area contributed by atoms with Gasteiger partial charge in [0.25, 0.3) is 0 Å². The maximum absolute atomic E-state index is 12.7. The van der Waals surface area contributed by atoms with Gasteiger partial charge in [0, 0.05) is 0 Å². The lowest BCUT2D eigenvalue weighted by atomic mass is 9.75. The van der Waals surface area contributed by atoms with E-state index in [4.69, 9.17) is 4.74 Å². The van der Waals surface area contributed by atoms with E-state index in [0.717, 1.165) is 19.1 Å². The molecule has 0 heterocycles. The fourth-order valence-corrected chi connectivity index (χ4v) is 4.23. The third-order valence-corrected chi connectivity index (χ3v) is 6.02. The zero-order valence-corrected chi connectivity index (χ0v) is 15.5. The van der Waals surface area contributed by atoms with Crippen LogP contribution in [0.15, 0.2) is 11.6 Å². The molecule has 2 saturated carbocycles. The Balaban J connectivity index is 2.04. The van der Waals surface area contributed by atoms with Crippen molar-refractivity contribution in [2.75, 3.05) is 0 Å². The Kier molecular flexibility index (Phi) is 5.37. The van der Waals surface area contributed by atoms with Crippen LogP contribution in [0.5, 0.6) is 0 Å². The van der Waals surface area contributed by atoms with Gasteiger partial charge >= 0.3 is 5.97 Å². The second kappa shape index (κ2) is 6.78. The Morgan fingerprint density at radius 1 is 1.26 bits per heavy atom. The second-order valence-corrected chi connectivity index (χ2v) is 8.65. The number of hydrogen-bond acceptors (Lipinski definition) is 3. The van der Waals surface area contributed by atoms with Crippen LogP contribution in [0.2, 0.25) is 0 Å². The molecule has 0 amide bonds. The highest BCUT2D eigenvalue weighted by Gasteiger charge is 2.61. The summed E-state index contributed by atoms with van der Waals surface area (Å²) in [6.07, 6.45) is 6.21. The molecule has 0 radical (unpaired) electrons. The van der Waals surface area contributed by atoms with E-state index in [9.17, 15) is 9.59 Å². The van der Waals surface area contributed by atoms with Crippen LogP contribution in [0.4, 0.5) is 0 Å². The molecular formula is C20H32O3. The van der Waals surface area contributed by atoms with E-state index in [-0.39, 0.29) is 29.3 Å². The van der Waals surface area contributed by atoms with Crippen molar-refractivity contribution in [2.24, 2.45) is 35.0 Å². The molecule has 2 rings (SSSR count). The predicted octanol–water partition coefficient (Wildman–Crippen LogP) is 4.41. The average Bonchev–Trinajstić information content (AvgIpc) is 2.99. The molecule has 0 spiro atoms. The molecule has 0 aromatic carbocycles. The van der Waals surface area contributed by atoms with Crippen molar-refractivity contribution in [1.82, 2.24) is 0 Å². The molecule has 3 nitrogen and oxygen atoms in total. The van der Waals surface area contributed by atoms with Crippen molar-refractivity contribution in [3.05, 3.63) is 11.6 Å². The summed E-state index contributed by atoms with van der Waals surface area (Å²) in [7, 11) is 0. The van der Waals surface area contributed by atoms with Gasteiger partial charge in [-0.3, -0.25) is 9.59 Å². The fraction of sp³-hybridized carbons (Fsp3) is 0.800. The molecule has 5 unspecified atom stereocenters. The van der Waals surface area contributed by atoms with Crippen molar-refractivity contribution in [2.45, 2.75) is 66.9 Å². The monoisotopic (exact) mass is 320 g/mol. The van der Waals surface area contributed by atoms with Crippen LogP contribution in [-0.2, 0) is 14.3 Å². The summed E-state index contributed by atoms with van der Waals surface area (Å²) in [6.45, 7) is 12.7. The van der Waals surface area contributed by atoms with Gasteiger partial charge in [0.2, 0.25) is 0 Å². The van der Waals surface area contributed by atoms with Gasteiger partial charge in [-0.15, -0.1) is 0 Å². The first kappa shape index (κ1) is 18.2. The minimum Gasteiger partial charge on any atom is -0.462 e. The maximum atomic E-state index is 12.7. The number of hydrogen-bond donors (Lipinski definition) is 0. The molecule has 0 bridgehead atoms. The number of aldehydes is 1. The summed E-state index contributed by atoms with van der Waals surface area (Å²) in [6, 6.07) is 0. The van der Waals surface area contributed by atoms with E-state index < -0.39 is 0 Å². The quantitative estimate of drug-likeness (QED) is 0.428. The molecule has 5 atom stereocenters. The van der Waals surface area contributed by atoms with E-state index in [2.05, 4.69) is 34.6 Å². The number of rotatable bonds is 5. The van der Waals surface area contributed by atoms with Gasteiger partial charge in [0.1, 0.15) is 12.4 Å². The van der Waals surface area contributed by atoms with Crippen LogP contribution in [0.3, 0.4) is 0 Å². The van der Waals surface area contributed by atoms with Gasteiger partial charge in [-0.2, -0.15) is 0 Å². The molecule has 0 aromatic rings. The lowest BCUT2D eigenvalue weighted by Gasteiger charge is -2.36. The van der Waals surface area contributed by atoms with Crippen LogP contribution >= 0.6 is 0 Å². The van der Waals surface area contributed by atoms with Crippen LogP contribution in [-0.4, -0.2) is 18.4 Å². The normalized spacial score (nSPS) is 36.7. The second-order valence-electron chi connectivity index (χ2n) is 8.65. The third kappa shape index (κ3) is 3.87. The van der Waals surface area contributed by atoms with E-state index in [1.807, 2.05) is 6.08 Å². The topological polar surface area (TPSA) is 43.4 Å². The maximum Gasteiger partial charge on any atom is 0.310 e. The van der Waals surface area contributed by atoms with Gasteiger partial charge in [0.05, 0.1) is 5.92 Å². The highest BCUT2D eigenvalue weighted by atomic mass is 16.5. The van der Waals surface area contributed by atoms with Crippen LogP contribution in [0.25, 0.3) is 0 Å². The smallest absolute Gasteiger partial charge is 0.310 e. The zero-order chi connectivity index (χ0) is 17.4. The summed E-state index contributed by atoms with van der Waals surface area (Å²) in [5.74, 6) is 1.59. The minimum absolute atomic E-state index is 0.0550. The molecule has 2 aliphatic carbocycles. The fourth-order valence-electron chi connectivity index (χ4n) is 4.23. The van der Waals surface area contributed by atoms with E-state index in [1.54, 1.807) is 6.92 Å². The molecule has 130 valence electrons. The summed E-state index contributed by atoms with van der Waals surface area (Å²) < 4.78 is 5.98. The molecule has 3 heteroatoms. The summed E-state index contributed by atoms with van der Waals surface area (Å²) >= 11 is 0. The van der Waals surface area contributed by atoms with Gasteiger partial charge < -0.3 is 4.74 Å².